The summed E-state index contributed by atoms with van der Waals surface area (Å²) in [5, 5.41) is 3.06. The molecule has 26 heavy (non-hydrogen) atoms. The molecule has 1 aromatic heterocycles. The number of carbonyl (C=O) groups is 2. The van der Waals surface area contributed by atoms with Crippen molar-refractivity contribution in [3.8, 4) is 0 Å². The summed E-state index contributed by atoms with van der Waals surface area (Å²) < 4.78 is 0. The highest BCUT2D eigenvalue weighted by Crippen LogP contribution is 2.23. The van der Waals surface area contributed by atoms with Crippen molar-refractivity contribution in [3.05, 3.63) is 18.5 Å². The molecular weight excluding hydrogens is 330 g/mol. The number of carbonyl (C=O) groups excluding carboxylic acids is 2. The van der Waals surface area contributed by atoms with Crippen LogP contribution in [-0.4, -0.2) is 64.3 Å². The van der Waals surface area contributed by atoms with E-state index in [1.54, 1.807) is 18.5 Å². The number of likely N-dealkylation sites (tertiary alicyclic amines) is 2. The van der Waals surface area contributed by atoms with Crippen LogP contribution in [0.15, 0.2) is 18.5 Å². The molecule has 0 spiro atoms. The number of nitrogens with one attached hydrogen (secondary N) is 1. The Morgan fingerprint density at radius 1 is 1.12 bits per heavy atom. The molecule has 0 saturated carbocycles. The summed E-state index contributed by atoms with van der Waals surface area (Å²) in [6.45, 7) is 5.89. The van der Waals surface area contributed by atoms with Crippen LogP contribution in [-0.2, 0) is 9.59 Å². The Balaban J connectivity index is 1.38. The molecule has 0 unspecified atom stereocenters. The Morgan fingerprint density at radius 3 is 2.54 bits per heavy atom. The number of nitrogens with zero attached hydrogens (tertiary/aromatic N) is 4. The number of anilines is 1. The summed E-state index contributed by atoms with van der Waals surface area (Å²) in [5.74, 6) is 1.66. The molecule has 0 bridgehead atoms. The molecule has 7 nitrogen and oxygen atoms in total. The molecule has 3 heterocycles. The predicted octanol–water partition coefficient (Wildman–Crippen LogP) is 1.78. The number of hydrogen-bond donors (Lipinski definition) is 1. The summed E-state index contributed by atoms with van der Waals surface area (Å²) in [5.41, 5.74) is 0. The lowest BCUT2D eigenvalue weighted by Crippen LogP contribution is -2.47. The minimum Gasteiger partial charge on any atom is -0.354 e. The van der Waals surface area contributed by atoms with Gasteiger partial charge in [0.25, 0.3) is 0 Å². The van der Waals surface area contributed by atoms with Gasteiger partial charge >= 0.3 is 0 Å². The van der Waals surface area contributed by atoms with Gasteiger partial charge in [0.05, 0.1) is 0 Å². The van der Waals surface area contributed by atoms with Crippen LogP contribution in [0.4, 0.5) is 5.95 Å². The van der Waals surface area contributed by atoms with Crippen LogP contribution < -0.4 is 5.32 Å². The van der Waals surface area contributed by atoms with Gasteiger partial charge in [0.15, 0.2) is 0 Å². The van der Waals surface area contributed by atoms with Crippen LogP contribution in [0.1, 0.15) is 39.0 Å². The van der Waals surface area contributed by atoms with Gasteiger partial charge in [0, 0.05) is 57.5 Å². The Bertz CT molecular complexity index is 601. The van der Waals surface area contributed by atoms with Crippen molar-refractivity contribution in [2.75, 3.05) is 38.0 Å². The molecule has 1 atom stereocenters. The highest BCUT2D eigenvalue weighted by Gasteiger charge is 2.31. The van der Waals surface area contributed by atoms with E-state index >= 15 is 0 Å². The number of aromatic nitrogens is 2. The number of amides is 2. The van der Waals surface area contributed by atoms with Gasteiger partial charge in [-0.3, -0.25) is 9.59 Å². The van der Waals surface area contributed by atoms with Crippen LogP contribution in [0.2, 0.25) is 0 Å². The summed E-state index contributed by atoms with van der Waals surface area (Å²) in [6, 6.07) is 1.76. The van der Waals surface area contributed by atoms with Crippen LogP contribution >= 0.6 is 0 Å². The van der Waals surface area contributed by atoms with E-state index in [1.807, 2.05) is 9.80 Å². The van der Waals surface area contributed by atoms with E-state index in [0.717, 1.165) is 32.4 Å². The van der Waals surface area contributed by atoms with E-state index in [-0.39, 0.29) is 11.8 Å². The highest BCUT2D eigenvalue weighted by molar-refractivity contribution is 5.80. The fourth-order valence-corrected chi connectivity index (χ4v) is 3.85. The maximum atomic E-state index is 12.7. The molecule has 0 radical (unpaired) electrons. The normalized spacial score (nSPS) is 21.5. The number of rotatable bonds is 5. The monoisotopic (exact) mass is 359 g/mol. The second kappa shape index (κ2) is 8.96. The number of hydrogen-bond acceptors (Lipinski definition) is 5. The van der Waals surface area contributed by atoms with Gasteiger partial charge in [-0.05, 0) is 37.7 Å². The molecule has 0 aliphatic carbocycles. The van der Waals surface area contributed by atoms with E-state index in [1.165, 1.54) is 6.42 Å². The molecule has 1 aromatic rings. The van der Waals surface area contributed by atoms with Crippen molar-refractivity contribution >= 4 is 17.8 Å². The van der Waals surface area contributed by atoms with Crippen LogP contribution in [0.3, 0.4) is 0 Å². The van der Waals surface area contributed by atoms with Crippen LogP contribution in [0.5, 0.6) is 0 Å². The zero-order valence-electron chi connectivity index (χ0n) is 15.6. The lowest BCUT2D eigenvalue weighted by molar-refractivity contribution is -0.141. The quantitative estimate of drug-likeness (QED) is 0.867. The minimum atomic E-state index is 0.0835. The van der Waals surface area contributed by atoms with Crippen molar-refractivity contribution in [2.24, 2.45) is 11.8 Å². The zero-order chi connectivity index (χ0) is 18.4. The smallest absolute Gasteiger partial charge is 0.225 e. The van der Waals surface area contributed by atoms with Crippen molar-refractivity contribution in [3.63, 3.8) is 0 Å². The molecular formula is C19H29N5O2. The van der Waals surface area contributed by atoms with E-state index in [9.17, 15) is 9.59 Å². The fraction of sp³-hybridized carbons (Fsp3) is 0.684. The molecule has 1 N–H and O–H groups in total. The molecule has 2 aliphatic rings. The lowest BCUT2D eigenvalue weighted by atomic mass is 9.92. The minimum absolute atomic E-state index is 0.0835. The molecule has 7 heteroatoms. The van der Waals surface area contributed by atoms with Gasteiger partial charge in [0.2, 0.25) is 17.8 Å². The summed E-state index contributed by atoms with van der Waals surface area (Å²) in [6.07, 6.45) is 7.65. The van der Waals surface area contributed by atoms with E-state index in [2.05, 4.69) is 22.2 Å². The van der Waals surface area contributed by atoms with Gasteiger partial charge in [-0.15, -0.1) is 0 Å². The molecule has 2 fully saturated rings. The van der Waals surface area contributed by atoms with Crippen LogP contribution in [0.25, 0.3) is 0 Å². The number of piperidine rings is 2. The van der Waals surface area contributed by atoms with Crippen molar-refractivity contribution in [1.82, 2.24) is 19.8 Å². The standard InChI is InChI=1S/C19H29N5O2/c1-15-4-2-11-24(14-15)18(26)16-6-12-23(13-7-16)17(25)5-10-22-19-20-8-3-9-21-19/h3,8-9,15-16H,2,4-7,10-14H2,1H3,(H,20,21,22)/t15-/m1/s1. The van der Waals surface area contributed by atoms with Gasteiger partial charge < -0.3 is 15.1 Å². The third-order valence-corrected chi connectivity index (χ3v) is 5.35. The molecule has 2 aliphatic heterocycles. The lowest BCUT2D eigenvalue weighted by Gasteiger charge is -2.37. The van der Waals surface area contributed by atoms with E-state index < -0.39 is 0 Å². The Hall–Kier alpha value is -2.18. The first-order valence-electron chi connectivity index (χ1n) is 9.71. The van der Waals surface area contributed by atoms with E-state index in [0.29, 0.717) is 43.8 Å². The topological polar surface area (TPSA) is 78.4 Å². The van der Waals surface area contributed by atoms with Crippen molar-refractivity contribution in [1.29, 1.82) is 0 Å². The Labute approximate surface area is 155 Å². The first-order valence-corrected chi connectivity index (χ1v) is 9.71. The van der Waals surface area contributed by atoms with Crippen molar-refractivity contribution in [2.45, 2.75) is 39.0 Å². The molecule has 0 aromatic carbocycles. The predicted molar refractivity (Wildman–Crippen MR) is 99.4 cm³/mol. The first-order chi connectivity index (χ1) is 12.6. The second-order valence-corrected chi connectivity index (χ2v) is 7.44. The van der Waals surface area contributed by atoms with Gasteiger partial charge in [-0.2, -0.15) is 0 Å². The maximum Gasteiger partial charge on any atom is 0.225 e. The summed E-state index contributed by atoms with van der Waals surface area (Å²) in [7, 11) is 0. The first kappa shape index (κ1) is 18.6. The molecule has 3 rings (SSSR count). The average Bonchev–Trinajstić information content (AvgIpc) is 2.68. The molecule has 2 amide bonds. The third kappa shape index (κ3) is 4.93. The SMILES string of the molecule is C[C@@H]1CCCN(C(=O)C2CCN(C(=O)CCNc3ncccn3)CC2)C1. The van der Waals surface area contributed by atoms with E-state index in [4.69, 9.17) is 0 Å². The zero-order valence-corrected chi connectivity index (χ0v) is 15.6. The Kier molecular flexibility index (Phi) is 6.41. The largest absolute Gasteiger partial charge is 0.354 e. The van der Waals surface area contributed by atoms with Gasteiger partial charge in [0.1, 0.15) is 0 Å². The fourth-order valence-electron chi connectivity index (χ4n) is 3.85. The highest BCUT2D eigenvalue weighted by atomic mass is 16.2. The molecule has 142 valence electrons. The van der Waals surface area contributed by atoms with Gasteiger partial charge in [-0.25, -0.2) is 9.97 Å². The third-order valence-electron chi connectivity index (χ3n) is 5.35. The summed E-state index contributed by atoms with van der Waals surface area (Å²) >= 11 is 0. The van der Waals surface area contributed by atoms with Crippen LogP contribution in [0, 0.1) is 11.8 Å². The van der Waals surface area contributed by atoms with Gasteiger partial charge in [-0.1, -0.05) is 6.92 Å². The summed E-state index contributed by atoms with van der Waals surface area (Å²) in [4.78, 5) is 37.1. The average molecular weight is 359 g/mol. The van der Waals surface area contributed by atoms with Crippen molar-refractivity contribution < 1.29 is 9.59 Å². The second-order valence-electron chi connectivity index (χ2n) is 7.44. The molecule has 2 saturated heterocycles. The maximum absolute atomic E-state index is 12.7. The Morgan fingerprint density at radius 2 is 1.85 bits per heavy atom.